The molecule has 1 atom stereocenters. The topological polar surface area (TPSA) is 27.0 Å². The molecule has 0 amide bonds. The quantitative estimate of drug-likeness (QED) is 0.525. The summed E-state index contributed by atoms with van der Waals surface area (Å²) >= 11 is 0. The molecule has 1 heterocycles. The van der Waals surface area contributed by atoms with Crippen LogP contribution in [0.1, 0.15) is 0 Å². The molecule has 0 aliphatic carbocycles. The lowest BCUT2D eigenvalue weighted by molar-refractivity contribution is 0.342. The molecular formula is C8H10N2. The first-order chi connectivity index (χ1) is 4.88. The van der Waals surface area contributed by atoms with Crippen LogP contribution in [-0.2, 0) is 0 Å². The van der Waals surface area contributed by atoms with Gasteiger partial charge in [0, 0.05) is 13.1 Å². The Morgan fingerprint density at radius 2 is 2.20 bits per heavy atom. The Bertz CT molecular complexity index is 180. The summed E-state index contributed by atoms with van der Waals surface area (Å²) in [5.74, 6) is 0. The van der Waals surface area contributed by atoms with Crippen LogP contribution in [0, 0.1) is 11.3 Å². The van der Waals surface area contributed by atoms with Gasteiger partial charge in [-0.15, -0.1) is 6.58 Å². The Kier molecular flexibility index (Phi) is 2.24. The standard InChI is InChI=1S/C8H10N2/c1-2-8(7-9)10-5-3-4-6-10/h2-4,8H,1,5-6H2. The van der Waals surface area contributed by atoms with Crippen molar-refractivity contribution in [3.05, 3.63) is 24.8 Å². The van der Waals surface area contributed by atoms with Gasteiger partial charge in [0.15, 0.2) is 0 Å². The van der Waals surface area contributed by atoms with E-state index in [0.717, 1.165) is 13.1 Å². The predicted octanol–water partition coefficient (Wildman–Crippen LogP) is 0.936. The molecule has 1 unspecified atom stereocenters. The summed E-state index contributed by atoms with van der Waals surface area (Å²) in [6.45, 7) is 5.34. The minimum Gasteiger partial charge on any atom is -0.277 e. The fourth-order valence-corrected chi connectivity index (χ4v) is 1.00. The van der Waals surface area contributed by atoms with Crippen molar-refractivity contribution in [3.63, 3.8) is 0 Å². The molecule has 0 aromatic carbocycles. The average molecular weight is 134 g/mol. The monoisotopic (exact) mass is 134 g/mol. The van der Waals surface area contributed by atoms with Crippen LogP contribution in [0.4, 0.5) is 0 Å². The molecule has 0 bridgehead atoms. The van der Waals surface area contributed by atoms with E-state index >= 15 is 0 Å². The summed E-state index contributed by atoms with van der Waals surface area (Å²) < 4.78 is 0. The van der Waals surface area contributed by atoms with Gasteiger partial charge in [-0.25, -0.2) is 0 Å². The molecule has 2 heteroatoms. The van der Waals surface area contributed by atoms with Crippen molar-refractivity contribution in [1.29, 1.82) is 5.26 Å². The van der Waals surface area contributed by atoms with Gasteiger partial charge in [-0.1, -0.05) is 18.2 Å². The van der Waals surface area contributed by atoms with Crippen LogP contribution < -0.4 is 0 Å². The van der Waals surface area contributed by atoms with E-state index < -0.39 is 0 Å². The second-order valence-corrected chi connectivity index (χ2v) is 2.23. The normalized spacial score (nSPS) is 20.3. The maximum absolute atomic E-state index is 8.60. The number of nitrogens with zero attached hydrogens (tertiary/aromatic N) is 2. The highest BCUT2D eigenvalue weighted by molar-refractivity contribution is 5.09. The molecule has 1 aliphatic rings. The third-order valence-electron chi connectivity index (χ3n) is 1.60. The fourth-order valence-electron chi connectivity index (χ4n) is 1.00. The Labute approximate surface area is 61.1 Å². The third kappa shape index (κ3) is 1.26. The average Bonchev–Trinajstić information content (AvgIpc) is 2.43. The predicted molar refractivity (Wildman–Crippen MR) is 40.3 cm³/mol. The van der Waals surface area contributed by atoms with Crippen molar-refractivity contribution in [2.24, 2.45) is 0 Å². The van der Waals surface area contributed by atoms with E-state index in [0.29, 0.717) is 0 Å². The molecule has 0 saturated heterocycles. The molecule has 0 radical (unpaired) electrons. The summed E-state index contributed by atoms with van der Waals surface area (Å²) in [7, 11) is 0. The van der Waals surface area contributed by atoms with E-state index in [9.17, 15) is 0 Å². The molecule has 1 rings (SSSR count). The van der Waals surface area contributed by atoms with Crippen LogP contribution in [0.2, 0.25) is 0 Å². The zero-order chi connectivity index (χ0) is 7.40. The van der Waals surface area contributed by atoms with Crippen molar-refractivity contribution < 1.29 is 0 Å². The number of nitriles is 1. The maximum atomic E-state index is 8.60. The van der Waals surface area contributed by atoms with Gasteiger partial charge in [0.2, 0.25) is 0 Å². The van der Waals surface area contributed by atoms with Crippen LogP contribution in [0.5, 0.6) is 0 Å². The van der Waals surface area contributed by atoms with Crippen LogP contribution >= 0.6 is 0 Å². The summed E-state index contributed by atoms with van der Waals surface area (Å²) in [4.78, 5) is 2.05. The minimum atomic E-state index is -0.116. The van der Waals surface area contributed by atoms with Gasteiger partial charge < -0.3 is 0 Å². The summed E-state index contributed by atoms with van der Waals surface area (Å²) in [5.41, 5.74) is 0. The Morgan fingerprint density at radius 3 is 2.60 bits per heavy atom. The molecule has 0 saturated carbocycles. The molecule has 2 nitrogen and oxygen atoms in total. The number of hydrogen-bond acceptors (Lipinski definition) is 2. The SMILES string of the molecule is C=CC(C#N)N1CC=CC1. The Balaban J connectivity index is 2.48. The van der Waals surface area contributed by atoms with Crippen molar-refractivity contribution in [3.8, 4) is 6.07 Å². The van der Waals surface area contributed by atoms with Crippen LogP contribution in [0.3, 0.4) is 0 Å². The van der Waals surface area contributed by atoms with Gasteiger partial charge in [-0.05, 0) is 0 Å². The van der Waals surface area contributed by atoms with Crippen molar-refractivity contribution in [2.45, 2.75) is 6.04 Å². The molecule has 0 aromatic heterocycles. The van der Waals surface area contributed by atoms with E-state index in [2.05, 4.69) is 24.8 Å². The lowest BCUT2D eigenvalue weighted by Crippen LogP contribution is -2.29. The Hall–Kier alpha value is -1.07. The highest BCUT2D eigenvalue weighted by Crippen LogP contribution is 2.04. The van der Waals surface area contributed by atoms with Crippen molar-refractivity contribution >= 4 is 0 Å². The smallest absolute Gasteiger partial charge is 0.117 e. The van der Waals surface area contributed by atoms with E-state index in [1.54, 1.807) is 6.08 Å². The van der Waals surface area contributed by atoms with Gasteiger partial charge in [-0.2, -0.15) is 5.26 Å². The fraction of sp³-hybridized carbons (Fsp3) is 0.375. The molecule has 10 heavy (non-hydrogen) atoms. The highest BCUT2D eigenvalue weighted by atomic mass is 15.2. The van der Waals surface area contributed by atoms with Gasteiger partial charge in [-0.3, -0.25) is 4.90 Å². The van der Waals surface area contributed by atoms with Crippen LogP contribution in [-0.4, -0.2) is 24.0 Å². The number of hydrogen-bond donors (Lipinski definition) is 0. The van der Waals surface area contributed by atoms with Gasteiger partial charge in [0.25, 0.3) is 0 Å². The van der Waals surface area contributed by atoms with Gasteiger partial charge >= 0.3 is 0 Å². The highest BCUT2D eigenvalue weighted by Gasteiger charge is 2.13. The molecule has 0 aromatic rings. The lowest BCUT2D eigenvalue weighted by atomic mass is 10.3. The first kappa shape index (κ1) is 7.04. The van der Waals surface area contributed by atoms with Crippen LogP contribution in [0.25, 0.3) is 0 Å². The summed E-state index contributed by atoms with van der Waals surface area (Å²) in [6, 6.07) is 2.05. The van der Waals surface area contributed by atoms with Gasteiger partial charge in [0.05, 0.1) is 6.07 Å². The largest absolute Gasteiger partial charge is 0.277 e. The molecular weight excluding hydrogens is 124 g/mol. The van der Waals surface area contributed by atoms with E-state index in [1.807, 2.05) is 4.90 Å². The van der Waals surface area contributed by atoms with Gasteiger partial charge in [0.1, 0.15) is 6.04 Å². The van der Waals surface area contributed by atoms with Crippen LogP contribution in [0.15, 0.2) is 24.8 Å². The summed E-state index contributed by atoms with van der Waals surface area (Å²) in [6.07, 6.45) is 5.80. The zero-order valence-electron chi connectivity index (χ0n) is 5.83. The maximum Gasteiger partial charge on any atom is 0.117 e. The van der Waals surface area contributed by atoms with Crippen molar-refractivity contribution in [2.75, 3.05) is 13.1 Å². The first-order valence-corrected chi connectivity index (χ1v) is 3.29. The number of rotatable bonds is 2. The van der Waals surface area contributed by atoms with E-state index in [-0.39, 0.29) is 6.04 Å². The molecule has 0 fully saturated rings. The molecule has 52 valence electrons. The Morgan fingerprint density at radius 1 is 1.60 bits per heavy atom. The van der Waals surface area contributed by atoms with E-state index in [1.165, 1.54) is 0 Å². The molecule has 0 N–H and O–H groups in total. The first-order valence-electron chi connectivity index (χ1n) is 3.29. The second kappa shape index (κ2) is 3.19. The minimum absolute atomic E-state index is 0.116. The molecule has 0 spiro atoms. The second-order valence-electron chi connectivity index (χ2n) is 2.23. The van der Waals surface area contributed by atoms with Crippen molar-refractivity contribution in [1.82, 2.24) is 4.90 Å². The zero-order valence-corrected chi connectivity index (χ0v) is 5.83. The lowest BCUT2D eigenvalue weighted by Gasteiger charge is -2.16. The van der Waals surface area contributed by atoms with E-state index in [4.69, 9.17) is 5.26 Å². The summed E-state index contributed by atoms with van der Waals surface area (Å²) in [5, 5.41) is 8.60. The third-order valence-corrected chi connectivity index (χ3v) is 1.60. The molecule has 1 aliphatic heterocycles.